The largest absolute Gasteiger partial charge is 0.337 e. The molecule has 0 N–H and O–H groups in total. The first kappa shape index (κ1) is 16.8. The van der Waals surface area contributed by atoms with Crippen molar-refractivity contribution in [2.45, 2.75) is 44.0 Å². The Kier molecular flexibility index (Phi) is 4.17. The Morgan fingerprint density at radius 2 is 2.08 bits per heavy atom. The summed E-state index contributed by atoms with van der Waals surface area (Å²) in [4.78, 5) is 28.1. The van der Waals surface area contributed by atoms with Crippen molar-refractivity contribution >= 4 is 22.6 Å². The van der Waals surface area contributed by atoms with Crippen LogP contribution in [0.3, 0.4) is 0 Å². The minimum absolute atomic E-state index is 0.0201. The average molecular weight is 364 g/mol. The average Bonchev–Trinajstić information content (AvgIpc) is 3.26. The van der Waals surface area contributed by atoms with Crippen LogP contribution in [0.4, 0.5) is 0 Å². The molecule has 0 bridgehead atoms. The summed E-state index contributed by atoms with van der Waals surface area (Å²) in [6, 6.07) is 1.74. The van der Waals surface area contributed by atoms with Gasteiger partial charge in [-0.1, -0.05) is 0 Å². The fraction of sp³-hybridized carbons (Fsp3) is 0.706. The monoisotopic (exact) mass is 364 g/mol. The predicted molar refractivity (Wildman–Crippen MR) is 93.2 cm³/mol. The minimum atomic E-state index is -1.17. The fourth-order valence-electron chi connectivity index (χ4n) is 3.87. The number of amides is 2. The van der Waals surface area contributed by atoms with Crippen LogP contribution >= 0.6 is 0 Å². The second-order valence-corrected chi connectivity index (χ2v) is 8.97. The topological polar surface area (TPSA) is 75.5 Å². The van der Waals surface area contributed by atoms with Crippen molar-refractivity contribution < 1.29 is 13.8 Å². The van der Waals surface area contributed by atoms with Crippen LogP contribution in [-0.2, 0) is 22.1 Å². The lowest BCUT2D eigenvalue weighted by molar-refractivity contribution is -0.131. The number of likely N-dealkylation sites (tertiary alicyclic amines) is 1. The van der Waals surface area contributed by atoms with Crippen molar-refractivity contribution in [3.8, 4) is 0 Å². The van der Waals surface area contributed by atoms with Crippen LogP contribution in [0.5, 0.6) is 0 Å². The first-order valence-electron chi connectivity index (χ1n) is 9.05. The van der Waals surface area contributed by atoms with Crippen molar-refractivity contribution in [1.82, 2.24) is 19.6 Å². The van der Waals surface area contributed by atoms with Gasteiger partial charge in [-0.05, 0) is 31.7 Å². The number of aromatic nitrogens is 2. The van der Waals surface area contributed by atoms with E-state index in [1.54, 1.807) is 21.8 Å². The van der Waals surface area contributed by atoms with Gasteiger partial charge in [0.2, 0.25) is 5.91 Å². The maximum Gasteiger partial charge on any atom is 0.274 e. The van der Waals surface area contributed by atoms with Gasteiger partial charge in [0.05, 0.1) is 10.8 Å². The lowest BCUT2D eigenvalue weighted by Gasteiger charge is -2.43. The molecule has 1 aliphatic carbocycles. The molecule has 3 aliphatic rings. The normalized spacial score (nSPS) is 25.8. The van der Waals surface area contributed by atoms with E-state index < -0.39 is 15.7 Å². The fourth-order valence-corrected chi connectivity index (χ4v) is 5.58. The van der Waals surface area contributed by atoms with Gasteiger partial charge < -0.3 is 9.80 Å². The molecule has 2 aliphatic heterocycles. The summed E-state index contributed by atoms with van der Waals surface area (Å²) in [6.45, 7) is 4.50. The molecule has 1 unspecified atom stereocenters. The highest BCUT2D eigenvalue weighted by molar-refractivity contribution is 7.87. The number of aryl methyl sites for hydroxylation is 1. The smallest absolute Gasteiger partial charge is 0.274 e. The third kappa shape index (κ3) is 2.90. The van der Waals surface area contributed by atoms with Gasteiger partial charge in [0.1, 0.15) is 16.3 Å². The number of carbonyl (C=O) groups excluding carboxylic acids is 2. The van der Waals surface area contributed by atoms with Gasteiger partial charge in [0, 0.05) is 45.2 Å². The maximum absolute atomic E-state index is 12.7. The van der Waals surface area contributed by atoms with E-state index in [1.807, 2.05) is 11.8 Å². The van der Waals surface area contributed by atoms with Gasteiger partial charge in [-0.25, -0.2) is 0 Å². The lowest BCUT2D eigenvalue weighted by Crippen LogP contribution is -2.56. The molecule has 136 valence electrons. The van der Waals surface area contributed by atoms with Crippen molar-refractivity contribution in [2.24, 2.45) is 5.92 Å². The number of hydrogen-bond donors (Lipinski definition) is 0. The molecule has 2 amide bonds. The van der Waals surface area contributed by atoms with Crippen LogP contribution in [-0.4, -0.2) is 65.9 Å². The van der Waals surface area contributed by atoms with E-state index in [0.717, 1.165) is 25.9 Å². The summed E-state index contributed by atoms with van der Waals surface area (Å²) in [6.07, 6.45) is 5.33. The zero-order valence-electron chi connectivity index (χ0n) is 14.5. The van der Waals surface area contributed by atoms with Gasteiger partial charge >= 0.3 is 0 Å². The molecule has 2 saturated heterocycles. The number of rotatable bonds is 4. The molecule has 3 heterocycles. The molecule has 7 nitrogen and oxygen atoms in total. The molecule has 0 aromatic carbocycles. The zero-order chi connectivity index (χ0) is 17.6. The van der Waals surface area contributed by atoms with Crippen LogP contribution in [0.15, 0.2) is 12.3 Å². The quantitative estimate of drug-likeness (QED) is 0.793. The third-order valence-corrected chi connectivity index (χ3v) is 7.61. The summed E-state index contributed by atoms with van der Waals surface area (Å²) in [7, 11) is -1.17. The summed E-state index contributed by atoms with van der Waals surface area (Å²) < 4.78 is 14.4. The van der Waals surface area contributed by atoms with Crippen molar-refractivity contribution in [1.29, 1.82) is 0 Å². The molecule has 0 radical (unpaired) electrons. The van der Waals surface area contributed by atoms with Crippen LogP contribution in [0.2, 0.25) is 0 Å². The highest BCUT2D eigenvalue weighted by Crippen LogP contribution is 2.41. The third-order valence-electron chi connectivity index (χ3n) is 5.62. The Balaban J connectivity index is 1.46. The minimum Gasteiger partial charge on any atom is -0.337 e. The van der Waals surface area contributed by atoms with E-state index in [-0.39, 0.29) is 17.6 Å². The SMILES string of the molecule is CCn1ccc(C(=O)N2CCC3(CC2)N(CC2CC2)C(=O)CS3=O)n1. The first-order valence-corrected chi connectivity index (χ1v) is 10.4. The first-order chi connectivity index (χ1) is 12.0. The molecule has 3 fully saturated rings. The molecule has 25 heavy (non-hydrogen) atoms. The van der Waals surface area contributed by atoms with E-state index in [2.05, 4.69) is 5.10 Å². The van der Waals surface area contributed by atoms with Crippen LogP contribution in [0, 0.1) is 5.92 Å². The molecule has 8 heteroatoms. The van der Waals surface area contributed by atoms with Crippen molar-refractivity contribution in [3.63, 3.8) is 0 Å². The number of piperidine rings is 1. The van der Waals surface area contributed by atoms with Crippen molar-refractivity contribution in [2.75, 3.05) is 25.4 Å². The number of hydrogen-bond acceptors (Lipinski definition) is 4. The van der Waals surface area contributed by atoms with Crippen molar-refractivity contribution in [3.05, 3.63) is 18.0 Å². The molecule has 1 aromatic heterocycles. The van der Waals surface area contributed by atoms with Gasteiger partial charge in [0.15, 0.2) is 0 Å². The molecular weight excluding hydrogens is 340 g/mol. The Morgan fingerprint density at radius 3 is 2.68 bits per heavy atom. The molecule has 1 saturated carbocycles. The van der Waals surface area contributed by atoms with E-state index in [0.29, 0.717) is 37.5 Å². The van der Waals surface area contributed by atoms with E-state index >= 15 is 0 Å². The standard InChI is InChI=1S/C17H24N4O3S/c1-2-20-8-5-14(18-20)16(23)19-9-6-17(7-10-19)21(11-13-3-4-13)15(22)12-25(17)24/h5,8,13H,2-4,6-7,9-12H2,1H3. The van der Waals surface area contributed by atoms with Crippen LogP contribution in [0.25, 0.3) is 0 Å². The maximum atomic E-state index is 12.7. The summed E-state index contributed by atoms with van der Waals surface area (Å²) in [5.74, 6) is 0.660. The molecule has 1 atom stereocenters. The van der Waals surface area contributed by atoms with E-state index in [9.17, 15) is 13.8 Å². The second-order valence-electron chi connectivity index (χ2n) is 7.23. The molecule has 1 aromatic rings. The molecule has 1 spiro atoms. The predicted octanol–water partition coefficient (Wildman–Crippen LogP) is 0.836. The second kappa shape index (κ2) is 6.23. The number of carbonyl (C=O) groups is 2. The summed E-state index contributed by atoms with van der Waals surface area (Å²) >= 11 is 0. The molecule has 4 rings (SSSR count). The summed E-state index contributed by atoms with van der Waals surface area (Å²) in [5, 5.41) is 4.28. The van der Waals surface area contributed by atoms with Crippen LogP contribution < -0.4 is 0 Å². The Hall–Kier alpha value is -1.70. The van der Waals surface area contributed by atoms with Gasteiger partial charge in [-0.2, -0.15) is 5.10 Å². The highest BCUT2D eigenvalue weighted by atomic mass is 32.2. The van der Waals surface area contributed by atoms with E-state index in [1.165, 1.54) is 0 Å². The number of nitrogens with zero attached hydrogens (tertiary/aromatic N) is 4. The van der Waals surface area contributed by atoms with Gasteiger partial charge in [0.25, 0.3) is 5.91 Å². The Bertz CT molecular complexity index is 719. The molecular formula is C17H24N4O3S. The lowest BCUT2D eigenvalue weighted by atomic mass is 10.0. The van der Waals surface area contributed by atoms with Crippen LogP contribution in [0.1, 0.15) is 43.1 Å². The zero-order valence-corrected chi connectivity index (χ0v) is 15.3. The van der Waals surface area contributed by atoms with E-state index in [4.69, 9.17) is 0 Å². The Labute approximate surface area is 149 Å². The summed E-state index contributed by atoms with van der Waals surface area (Å²) in [5.41, 5.74) is 0.455. The van der Waals surface area contributed by atoms with Gasteiger partial charge in [-0.15, -0.1) is 0 Å². The van der Waals surface area contributed by atoms with Gasteiger partial charge in [-0.3, -0.25) is 18.5 Å². The Morgan fingerprint density at radius 1 is 1.36 bits per heavy atom. The highest BCUT2D eigenvalue weighted by Gasteiger charge is 2.54.